The van der Waals surface area contributed by atoms with E-state index in [4.69, 9.17) is 5.84 Å². The standard InChI is InChI=1S/C11H16F3N5O/c12-11(13,14)10-16-8(18-15)5-9(17-10)19-4-2-1-3-7(19)6-20/h5,7,20H,1-4,6,15H2,(H,16,17,18). The molecule has 2 rings (SSSR count). The molecule has 6 nitrogen and oxygen atoms in total. The van der Waals surface area contributed by atoms with Gasteiger partial charge in [-0.3, -0.25) is 0 Å². The van der Waals surface area contributed by atoms with Gasteiger partial charge in [-0.15, -0.1) is 0 Å². The second-order valence-corrected chi connectivity index (χ2v) is 4.60. The summed E-state index contributed by atoms with van der Waals surface area (Å²) in [5.41, 5.74) is 2.11. The molecule has 112 valence electrons. The van der Waals surface area contributed by atoms with Crippen LogP contribution in [-0.2, 0) is 6.18 Å². The fraction of sp³-hybridized carbons (Fsp3) is 0.636. The first-order valence-corrected chi connectivity index (χ1v) is 6.26. The average Bonchev–Trinajstić information content (AvgIpc) is 2.45. The normalized spacial score (nSPS) is 20.1. The van der Waals surface area contributed by atoms with Gasteiger partial charge in [0.1, 0.15) is 11.6 Å². The van der Waals surface area contributed by atoms with E-state index < -0.39 is 12.0 Å². The second kappa shape index (κ2) is 5.80. The number of hydrazine groups is 1. The predicted molar refractivity (Wildman–Crippen MR) is 66.9 cm³/mol. The molecule has 0 bridgehead atoms. The highest BCUT2D eigenvalue weighted by atomic mass is 19.4. The fourth-order valence-electron chi connectivity index (χ4n) is 2.27. The van der Waals surface area contributed by atoms with Gasteiger partial charge in [0, 0.05) is 12.6 Å². The van der Waals surface area contributed by atoms with E-state index in [0.29, 0.717) is 13.0 Å². The molecule has 0 saturated carbocycles. The number of nitrogens with zero attached hydrogens (tertiary/aromatic N) is 3. The quantitative estimate of drug-likeness (QED) is 0.571. The molecule has 4 N–H and O–H groups in total. The van der Waals surface area contributed by atoms with Crippen LogP contribution in [0, 0.1) is 0 Å². The molecular formula is C11H16F3N5O. The summed E-state index contributed by atoms with van der Waals surface area (Å²) >= 11 is 0. The van der Waals surface area contributed by atoms with Crippen molar-refractivity contribution in [2.75, 3.05) is 23.5 Å². The molecule has 0 aromatic carbocycles. The molecule has 0 spiro atoms. The van der Waals surface area contributed by atoms with Crippen molar-refractivity contribution in [3.05, 3.63) is 11.9 Å². The second-order valence-electron chi connectivity index (χ2n) is 4.60. The van der Waals surface area contributed by atoms with E-state index >= 15 is 0 Å². The highest BCUT2D eigenvalue weighted by Gasteiger charge is 2.36. The number of hydrogen-bond donors (Lipinski definition) is 3. The largest absolute Gasteiger partial charge is 0.451 e. The van der Waals surface area contributed by atoms with Crippen LogP contribution in [0.3, 0.4) is 0 Å². The summed E-state index contributed by atoms with van der Waals surface area (Å²) in [7, 11) is 0. The first-order chi connectivity index (χ1) is 9.45. The van der Waals surface area contributed by atoms with Crippen LogP contribution in [0.1, 0.15) is 25.1 Å². The first-order valence-electron chi connectivity index (χ1n) is 6.26. The maximum atomic E-state index is 12.8. The number of piperidine rings is 1. The topological polar surface area (TPSA) is 87.3 Å². The summed E-state index contributed by atoms with van der Waals surface area (Å²) in [6.45, 7) is 0.417. The summed E-state index contributed by atoms with van der Waals surface area (Å²) in [5.74, 6) is 3.92. The lowest BCUT2D eigenvalue weighted by atomic mass is 10.0. The molecule has 1 aliphatic rings. The van der Waals surface area contributed by atoms with Crippen molar-refractivity contribution in [3.63, 3.8) is 0 Å². The maximum Gasteiger partial charge on any atom is 0.451 e. The minimum atomic E-state index is -4.65. The number of aromatic nitrogens is 2. The zero-order chi connectivity index (χ0) is 14.8. The molecule has 0 aliphatic carbocycles. The van der Waals surface area contributed by atoms with Crippen molar-refractivity contribution < 1.29 is 18.3 Å². The molecule has 1 aromatic rings. The van der Waals surface area contributed by atoms with Gasteiger partial charge < -0.3 is 15.4 Å². The van der Waals surface area contributed by atoms with Crippen LogP contribution in [0.2, 0.25) is 0 Å². The number of rotatable bonds is 3. The summed E-state index contributed by atoms with van der Waals surface area (Å²) in [6, 6.07) is 1.12. The van der Waals surface area contributed by atoms with Crippen LogP contribution in [0.25, 0.3) is 0 Å². The van der Waals surface area contributed by atoms with Crippen LogP contribution in [-0.4, -0.2) is 34.3 Å². The Bertz CT molecular complexity index is 468. The average molecular weight is 291 g/mol. The van der Waals surface area contributed by atoms with Crippen LogP contribution < -0.4 is 16.2 Å². The Kier molecular flexibility index (Phi) is 4.29. The lowest BCUT2D eigenvalue weighted by Crippen LogP contribution is -2.42. The van der Waals surface area contributed by atoms with E-state index in [-0.39, 0.29) is 24.3 Å². The monoisotopic (exact) mass is 291 g/mol. The molecule has 2 heterocycles. The highest BCUT2D eigenvalue weighted by molar-refractivity contribution is 5.50. The molecule has 0 radical (unpaired) electrons. The molecule has 1 saturated heterocycles. The van der Waals surface area contributed by atoms with Crippen molar-refractivity contribution in [2.45, 2.75) is 31.5 Å². The third kappa shape index (κ3) is 3.10. The van der Waals surface area contributed by atoms with E-state index in [9.17, 15) is 18.3 Å². The smallest absolute Gasteiger partial charge is 0.394 e. The number of aliphatic hydroxyl groups excluding tert-OH is 1. The minimum absolute atomic E-state index is 0.107. The van der Waals surface area contributed by atoms with Crippen molar-refractivity contribution in [1.29, 1.82) is 0 Å². The van der Waals surface area contributed by atoms with Crippen LogP contribution in [0.15, 0.2) is 6.07 Å². The van der Waals surface area contributed by atoms with Gasteiger partial charge in [-0.2, -0.15) is 13.2 Å². The van der Waals surface area contributed by atoms with Gasteiger partial charge in [0.05, 0.1) is 12.6 Å². The Labute approximate surface area is 113 Å². The molecule has 20 heavy (non-hydrogen) atoms. The Hall–Kier alpha value is -1.61. The number of nitrogens with one attached hydrogen (secondary N) is 1. The zero-order valence-electron chi connectivity index (χ0n) is 10.7. The van der Waals surface area contributed by atoms with E-state index in [2.05, 4.69) is 15.4 Å². The molecule has 9 heteroatoms. The van der Waals surface area contributed by atoms with E-state index in [0.717, 1.165) is 12.8 Å². The zero-order valence-corrected chi connectivity index (χ0v) is 10.7. The summed E-state index contributed by atoms with van der Waals surface area (Å²) in [6.07, 6.45) is -2.16. The predicted octanol–water partition coefficient (Wildman–Crippen LogP) is 1.13. The summed E-state index contributed by atoms with van der Waals surface area (Å²) in [5, 5.41) is 9.33. The molecule has 1 fully saturated rings. The lowest BCUT2D eigenvalue weighted by molar-refractivity contribution is -0.144. The van der Waals surface area contributed by atoms with Gasteiger partial charge in [-0.25, -0.2) is 15.8 Å². The Morgan fingerprint density at radius 1 is 1.40 bits per heavy atom. The van der Waals surface area contributed by atoms with E-state index in [1.54, 1.807) is 4.90 Å². The Morgan fingerprint density at radius 2 is 2.15 bits per heavy atom. The maximum absolute atomic E-state index is 12.8. The summed E-state index contributed by atoms with van der Waals surface area (Å²) in [4.78, 5) is 8.53. The van der Waals surface area contributed by atoms with Gasteiger partial charge >= 0.3 is 6.18 Å². The van der Waals surface area contributed by atoms with Gasteiger partial charge in [0.2, 0.25) is 5.82 Å². The van der Waals surface area contributed by atoms with Crippen LogP contribution in [0.4, 0.5) is 24.8 Å². The van der Waals surface area contributed by atoms with Crippen molar-refractivity contribution in [1.82, 2.24) is 9.97 Å². The van der Waals surface area contributed by atoms with Crippen molar-refractivity contribution in [3.8, 4) is 0 Å². The number of alkyl halides is 3. The number of halogens is 3. The molecule has 0 amide bonds. The van der Waals surface area contributed by atoms with Crippen molar-refractivity contribution >= 4 is 11.6 Å². The number of nitrogens with two attached hydrogens (primary N) is 1. The number of hydrogen-bond acceptors (Lipinski definition) is 6. The van der Waals surface area contributed by atoms with Gasteiger partial charge in [0.15, 0.2) is 0 Å². The molecule has 1 atom stereocenters. The third-order valence-corrected chi connectivity index (χ3v) is 3.25. The summed E-state index contributed by atoms with van der Waals surface area (Å²) < 4.78 is 38.3. The Balaban J connectivity index is 2.39. The highest BCUT2D eigenvalue weighted by Crippen LogP contribution is 2.31. The van der Waals surface area contributed by atoms with Gasteiger partial charge in [-0.1, -0.05) is 0 Å². The van der Waals surface area contributed by atoms with E-state index in [1.165, 1.54) is 6.07 Å². The number of anilines is 2. The van der Waals surface area contributed by atoms with Crippen LogP contribution >= 0.6 is 0 Å². The van der Waals surface area contributed by atoms with Crippen LogP contribution in [0.5, 0.6) is 0 Å². The molecule has 1 unspecified atom stereocenters. The SMILES string of the molecule is NNc1cc(N2CCCCC2CO)nc(C(F)(F)F)n1. The van der Waals surface area contributed by atoms with E-state index in [1.807, 2.05) is 0 Å². The third-order valence-electron chi connectivity index (χ3n) is 3.25. The number of nitrogen functional groups attached to an aromatic ring is 1. The molecule has 1 aromatic heterocycles. The van der Waals surface area contributed by atoms with Gasteiger partial charge in [-0.05, 0) is 19.3 Å². The molecule has 1 aliphatic heterocycles. The Morgan fingerprint density at radius 3 is 2.75 bits per heavy atom. The fourth-order valence-corrected chi connectivity index (χ4v) is 2.27. The minimum Gasteiger partial charge on any atom is -0.394 e. The molecular weight excluding hydrogens is 275 g/mol. The van der Waals surface area contributed by atoms with Crippen molar-refractivity contribution in [2.24, 2.45) is 5.84 Å². The lowest BCUT2D eigenvalue weighted by Gasteiger charge is -2.35. The number of aliphatic hydroxyl groups is 1. The van der Waals surface area contributed by atoms with Gasteiger partial charge in [0.25, 0.3) is 0 Å². The first kappa shape index (κ1) is 14.8.